The summed E-state index contributed by atoms with van der Waals surface area (Å²) in [6, 6.07) is 11.0. The van der Waals surface area contributed by atoms with E-state index >= 15 is 0 Å². The Balaban J connectivity index is 0.00000192. The molecule has 23 heavy (non-hydrogen) atoms. The molecule has 0 radical (unpaired) electrons. The van der Waals surface area contributed by atoms with Gasteiger partial charge >= 0.3 is 0 Å². The second kappa shape index (κ2) is 8.10. The third kappa shape index (κ3) is 4.67. The summed E-state index contributed by atoms with van der Waals surface area (Å²) in [5.41, 5.74) is 10.1. The van der Waals surface area contributed by atoms with Crippen LogP contribution < -0.4 is 11.1 Å². The highest BCUT2D eigenvalue weighted by molar-refractivity contribution is 14.0. The van der Waals surface area contributed by atoms with Crippen molar-refractivity contribution in [1.29, 1.82) is 0 Å². The lowest BCUT2D eigenvalue weighted by molar-refractivity contribution is 0.610. The maximum absolute atomic E-state index is 13.6. The second-order valence-electron chi connectivity index (χ2n) is 5.40. The summed E-state index contributed by atoms with van der Waals surface area (Å²) in [4.78, 5) is 4.21. The van der Waals surface area contributed by atoms with Crippen molar-refractivity contribution in [2.45, 2.75) is 25.8 Å². The van der Waals surface area contributed by atoms with Gasteiger partial charge in [0, 0.05) is 15.7 Å². The second-order valence-corrected chi connectivity index (χ2v) is 6.31. The zero-order valence-electron chi connectivity index (χ0n) is 12.5. The van der Waals surface area contributed by atoms with Crippen molar-refractivity contribution in [1.82, 2.24) is 0 Å². The smallest absolute Gasteiger partial charge is 0.193 e. The molecule has 0 saturated heterocycles. The highest BCUT2D eigenvalue weighted by atomic mass is 127. The quantitative estimate of drug-likeness (QED) is 0.375. The third-order valence-electron chi connectivity index (χ3n) is 3.80. The average molecular weight is 490 g/mol. The molecule has 0 saturated carbocycles. The zero-order chi connectivity index (χ0) is 15.5. The van der Waals surface area contributed by atoms with E-state index in [1.165, 1.54) is 23.6 Å². The minimum Gasteiger partial charge on any atom is -0.370 e. The zero-order valence-corrected chi connectivity index (χ0v) is 16.4. The van der Waals surface area contributed by atoms with Gasteiger partial charge in [0.25, 0.3) is 0 Å². The van der Waals surface area contributed by atoms with E-state index < -0.39 is 0 Å². The Morgan fingerprint density at radius 2 is 1.96 bits per heavy atom. The minimum atomic E-state index is -0.280. The van der Waals surface area contributed by atoms with Gasteiger partial charge in [-0.15, -0.1) is 24.0 Å². The van der Waals surface area contributed by atoms with Gasteiger partial charge in [0.05, 0.1) is 6.54 Å². The van der Waals surface area contributed by atoms with Crippen LogP contribution in [0, 0.1) is 5.82 Å². The van der Waals surface area contributed by atoms with Crippen molar-refractivity contribution < 1.29 is 4.39 Å². The number of hydrogen-bond donors (Lipinski definition) is 2. The Morgan fingerprint density at radius 1 is 1.17 bits per heavy atom. The van der Waals surface area contributed by atoms with E-state index in [1.54, 1.807) is 12.1 Å². The molecule has 0 aromatic heterocycles. The molecule has 0 atom stereocenters. The van der Waals surface area contributed by atoms with Gasteiger partial charge in [0.1, 0.15) is 5.82 Å². The van der Waals surface area contributed by atoms with E-state index in [0.29, 0.717) is 5.56 Å². The standard InChI is InChI=1S/C17H17BrFN3.HI/c18-14-5-7-16(19)13(8-14)10-21-17(20)22-15-6-4-11-2-1-3-12(11)9-15;/h4-9H,1-3,10H2,(H3,20,21,22);1H. The third-order valence-corrected chi connectivity index (χ3v) is 4.29. The molecule has 3 nitrogen and oxygen atoms in total. The summed E-state index contributed by atoms with van der Waals surface area (Å²) in [5.74, 6) is 0.00889. The highest BCUT2D eigenvalue weighted by Crippen LogP contribution is 2.24. The monoisotopic (exact) mass is 489 g/mol. The van der Waals surface area contributed by atoms with Gasteiger partial charge in [-0.25, -0.2) is 9.38 Å². The number of nitrogens with zero attached hydrogens (tertiary/aromatic N) is 1. The number of nitrogens with one attached hydrogen (secondary N) is 1. The van der Waals surface area contributed by atoms with Crippen LogP contribution in [0.15, 0.2) is 45.9 Å². The number of aryl methyl sites for hydroxylation is 2. The number of nitrogens with two attached hydrogens (primary N) is 1. The number of fused-ring (bicyclic) bond motifs is 1. The summed E-state index contributed by atoms with van der Waals surface area (Å²) >= 11 is 3.32. The summed E-state index contributed by atoms with van der Waals surface area (Å²) < 4.78 is 14.5. The fourth-order valence-corrected chi connectivity index (χ4v) is 3.08. The van der Waals surface area contributed by atoms with Crippen molar-refractivity contribution in [3.63, 3.8) is 0 Å². The Labute approximate surface area is 160 Å². The predicted molar refractivity (Wildman–Crippen MR) is 107 cm³/mol. The van der Waals surface area contributed by atoms with Gasteiger partial charge in [-0.05, 0) is 60.7 Å². The van der Waals surface area contributed by atoms with Gasteiger partial charge in [-0.2, -0.15) is 0 Å². The first-order valence-electron chi connectivity index (χ1n) is 7.24. The first-order valence-corrected chi connectivity index (χ1v) is 8.04. The van der Waals surface area contributed by atoms with Crippen LogP contribution in [0.4, 0.5) is 10.1 Å². The highest BCUT2D eigenvalue weighted by Gasteiger charge is 2.11. The maximum Gasteiger partial charge on any atom is 0.193 e. The fraction of sp³-hybridized carbons (Fsp3) is 0.235. The van der Waals surface area contributed by atoms with Crippen LogP contribution in [0.5, 0.6) is 0 Å². The first-order chi connectivity index (χ1) is 10.6. The van der Waals surface area contributed by atoms with Gasteiger partial charge in [0.15, 0.2) is 5.96 Å². The topological polar surface area (TPSA) is 50.4 Å². The molecule has 2 aromatic rings. The number of guanidine groups is 1. The van der Waals surface area contributed by atoms with E-state index in [-0.39, 0.29) is 42.3 Å². The lowest BCUT2D eigenvalue weighted by Crippen LogP contribution is -2.22. The maximum atomic E-state index is 13.6. The van der Waals surface area contributed by atoms with Crippen LogP contribution in [0.2, 0.25) is 0 Å². The number of aliphatic imine (C=N–C) groups is 1. The molecule has 3 N–H and O–H groups in total. The minimum absolute atomic E-state index is 0. The molecule has 3 rings (SSSR count). The molecule has 1 aliphatic rings. The fourth-order valence-electron chi connectivity index (χ4n) is 2.67. The van der Waals surface area contributed by atoms with Crippen LogP contribution in [0.25, 0.3) is 0 Å². The summed E-state index contributed by atoms with van der Waals surface area (Å²) in [6.07, 6.45) is 3.48. The Morgan fingerprint density at radius 3 is 2.78 bits per heavy atom. The lowest BCUT2D eigenvalue weighted by Gasteiger charge is -2.08. The van der Waals surface area contributed by atoms with Gasteiger partial charge in [-0.3, -0.25) is 0 Å². The molecule has 0 aliphatic heterocycles. The van der Waals surface area contributed by atoms with Crippen LogP contribution in [-0.4, -0.2) is 5.96 Å². The van der Waals surface area contributed by atoms with Crippen molar-refractivity contribution in [2.75, 3.05) is 5.32 Å². The molecule has 0 unspecified atom stereocenters. The van der Waals surface area contributed by atoms with E-state index in [0.717, 1.165) is 23.0 Å². The van der Waals surface area contributed by atoms with E-state index in [1.807, 2.05) is 6.07 Å². The first kappa shape index (κ1) is 18.2. The molecule has 0 fully saturated rings. The summed E-state index contributed by atoms with van der Waals surface area (Å²) in [5, 5.41) is 3.07. The average Bonchev–Trinajstić information content (AvgIpc) is 2.96. The normalized spacial score (nSPS) is 13.4. The van der Waals surface area contributed by atoms with E-state index in [9.17, 15) is 4.39 Å². The molecule has 2 aromatic carbocycles. The van der Waals surface area contributed by atoms with Crippen LogP contribution in [0.3, 0.4) is 0 Å². The van der Waals surface area contributed by atoms with Crippen LogP contribution in [-0.2, 0) is 19.4 Å². The predicted octanol–water partition coefficient (Wildman–Crippen LogP) is 4.62. The largest absolute Gasteiger partial charge is 0.370 e. The van der Waals surface area contributed by atoms with Crippen molar-refractivity contribution in [3.05, 3.63) is 63.4 Å². The van der Waals surface area contributed by atoms with Gasteiger partial charge in [-0.1, -0.05) is 22.0 Å². The van der Waals surface area contributed by atoms with Gasteiger partial charge < -0.3 is 11.1 Å². The van der Waals surface area contributed by atoms with E-state index in [4.69, 9.17) is 5.73 Å². The number of benzene rings is 2. The molecule has 6 heteroatoms. The van der Waals surface area contributed by atoms with Gasteiger partial charge in [0.2, 0.25) is 0 Å². The number of halogens is 3. The Kier molecular flexibility index (Phi) is 6.41. The molecular weight excluding hydrogens is 472 g/mol. The van der Waals surface area contributed by atoms with Crippen molar-refractivity contribution in [3.8, 4) is 0 Å². The molecule has 1 aliphatic carbocycles. The SMILES string of the molecule is I.NC(=NCc1cc(Br)ccc1F)Nc1ccc2c(c1)CCC2. The Bertz CT molecular complexity index is 734. The van der Waals surface area contributed by atoms with Crippen molar-refractivity contribution >= 4 is 51.6 Å². The number of anilines is 1. The Hall–Kier alpha value is -1.15. The molecular formula is C17H18BrFIN3. The van der Waals surface area contributed by atoms with E-state index in [2.05, 4.69) is 38.4 Å². The molecule has 122 valence electrons. The van der Waals surface area contributed by atoms with Crippen LogP contribution in [0.1, 0.15) is 23.1 Å². The lowest BCUT2D eigenvalue weighted by atomic mass is 10.1. The molecule has 0 bridgehead atoms. The molecule has 0 heterocycles. The number of hydrogen-bond acceptors (Lipinski definition) is 1. The molecule has 0 spiro atoms. The summed E-state index contributed by atoms with van der Waals surface area (Å²) in [6.45, 7) is 0.203. The number of rotatable bonds is 3. The molecule has 0 amide bonds. The summed E-state index contributed by atoms with van der Waals surface area (Å²) in [7, 11) is 0. The van der Waals surface area contributed by atoms with Crippen molar-refractivity contribution in [2.24, 2.45) is 10.7 Å². The van der Waals surface area contributed by atoms with Crippen LogP contribution >= 0.6 is 39.9 Å².